The molecule has 2 aliphatic heterocycles. The van der Waals surface area contributed by atoms with Crippen LogP contribution in [0, 0.1) is 17.2 Å². The lowest BCUT2D eigenvalue weighted by Gasteiger charge is -2.37. The molecule has 2 fully saturated rings. The molecular weight excluding hydrogens is 482 g/mol. The molecule has 1 aromatic carbocycles. The van der Waals surface area contributed by atoms with Crippen LogP contribution in [0.3, 0.4) is 0 Å². The molecule has 0 bridgehead atoms. The average Bonchev–Trinajstić information content (AvgIpc) is 2.81. The van der Waals surface area contributed by atoms with E-state index in [0.29, 0.717) is 25.2 Å². The first kappa shape index (κ1) is 26.9. The molecule has 0 spiro atoms. The number of aliphatic hydroxyl groups excluding tert-OH is 1. The molecule has 1 aromatic rings. The van der Waals surface area contributed by atoms with Crippen LogP contribution in [0.15, 0.2) is 18.2 Å². The summed E-state index contributed by atoms with van der Waals surface area (Å²) in [6, 6.07) is 7.41. The Morgan fingerprint density at radius 1 is 1.06 bits per heavy atom. The fourth-order valence-electron chi connectivity index (χ4n) is 4.24. The van der Waals surface area contributed by atoms with E-state index in [0.717, 1.165) is 29.0 Å². The third-order valence-corrected chi connectivity index (χ3v) is 6.27. The molecule has 0 aliphatic carbocycles. The number of ether oxygens (including phenoxy) is 1. The topological polar surface area (TPSA) is 80.0 Å². The SMILES string of the molecule is N#Cc1ccc(CN2CCN(C(=O)OC(C(F)(F)F)C(F)(F)F)CC2)c(N2CCC(CO)CC2)c1. The molecule has 3 rings (SSSR count). The Bertz CT molecular complexity index is 903. The Morgan fingerprint density at radius 2 is 1.66 bits per heavy atom. The van der Waals surface area contributed by atoms with Gasteiger partial charge >= 0.3 is 18.4 Å². The second kappa shape index (κ2) is 10.9. The first-order chi connectivity index (χ1) is 16.4. The predicted molar refractivity (Wildman–Crippen MR) is 112 cm³/mol. The van der Waals surface area contributed by atoms with Gasteiger partial charge in [-0.2, -0.15) is 31.6 Å². The summed E-state index contributed by atoms with van der Waals surface area (Å²) in [5, 5.41) is 18.7. The molecule has 35 heavy (non-hydrogen) atoms. The number of nitriles is 1. The number of hydrogen-bond donors (Lipinski definition) is 1. The summed E-state index contributed by atoms with van der Waals surface area (Å²) in [5.74, 6) is 0.232. The lowest BCUT2D eigenvalue weighted by molar-refractivity contribution is -0.308. The van der Waals surface area contributed by atoms with Crippen LogP contribution in [0.2, 0.25) is 0 Å². The Balaban J connectivity index is 1.62. The average molecular weight is 508 g/mol. The molecule has 0 unspecified atom stereocenters. The van der Waals surface area contributed by atoms with Crippen LogP contribution in [0.4, 0.5) is 36.8 Å². The number of alkyl halides is 6. The Kier molecular flexibility index (Phi) is 8.38. The van der Waals surface area contributed by atoms with Crippen molar-refractivity contribution >= 4 is 11.8 Å². The van der Waals surface area contributed by atoms with E-state index >= 15 is 0 Å². The smallest absolute Gasteiger partial charge is 0.426 e. The van der Waals surface area contributed by atoms with E-state index in [9.17, 15) is 41.5 Å². The van der Waals surface area contributed by atoms with Gasteiger partial charge in [0.1, 0.15) is 0 Å². The number of piperazine rings is 1. The molecule has 194 valence electrons. The maximum atomic E-state index is 12.7. The predicted octanol–water partition coefficient (Wildman–Crippen LogP) is 3.51. The minimum Gasteiger partial charge on any atom is -0.426 e. The quantitative estimate of drug-likeness (QED) is 0.614. The summed E-state index contributed by atoms with van der Waals surface area (Å²) in [7, 11) is 0. The Hall–Kier alpha value is -2.72. The Morgan fingerprint density at radius 3 is 2.17 bits per heavy atom. The fraction of sp³-hybridized carbons (Fsp3) is 0.636. The van der Waals surface area contributed by atoms with Crippen molar-refractivity contribution in [2.24, 2.45) is 5.92 Å². The number of nitrogens with zero attached hydrogens (tertiary/aromatic N) is 4. The highest BCUT2D eigenvalue weighted by Gasteiger charge is 2.60. The number of anilines is 1. The highest BCUT2D eigenvalue weighted by atomic mass is 19.4. The highest BCUT2D eigenvalue weighted by molar-refractivity contribution is 5.68. The van der Waals surface area contributed by atoms with Crippen LogP contribution in [-0.4, -0.2) is 85.3 Å². The number of halogens is 6. The summed E-state index contributed by atoms with van der Waals surface area (Å²) in [5.41, 5.74) is 2.28. The molecule has 1 amide bonds. The van der Waals surface area contributed by atoms with Crippen molar-refractivity contribution in [1.82, 2.24) is 9.80 Å². The number of carbonyl (C=O) groups is 1. The second-order valence-corrected chi connectivity index (χ2v) is 8.68. The third kappa shape index (κ3) is 6.91. The molecule has 7 nitrogen and oxygen atoms in total. The number of carbonyl (C=O) groups excluding carboxylic acids is 1. The number of aliphatic hydroxyl groups is 1. The van der Waals surface area contributed by atoms with Gasteiger partial charge in [0.2, 0.25) is 0 Å². The van der Waals surface area contributed by atoms with Gasteiger partial charge in [0.15, 0.2) is 0 Å². The maximum absolute atomic E-state index is 12.7. The number of benzene rings is 1. The zero-order valence-corrected chi connectivity index (χ0v) is 18.8. The molecule has 0 radical (unpaired) electrons. The van der Waals surface area contributed by atoms with E-state index in [-0.39, 0.29) is 38.7 Å². The molecule has 2 heterocycles. The van der Waals surface area contributed by atoms with E-state index < -0.39 is 24.5 Å². The van der Waals surface area contributed by atoms with Gasteiger partial charge in [0, 0.05) is 58.1 Å². The first-order valence-electron chi connectivity index (χ1n) is 11.1. The van der Waals surface area contributed by atoms with Crippen LogP contribution < -0.4 is 4.90 Å². The molecule has 0 aromatic heterocycles. The van der Waals surface area contributed by atoms with Gasteiger partial charge in [-0.1, -0.05) is 6.07 Å². The van der Waals surface area contributed by atoms with Gasteiger partial charge in [-0.25, -0.2) is 4.79 Å². The van der Waals surface area contributed by atoms with Crippen molar-refractivity contribution in [1.29, 1.82) is 5.26 Å². The molecule has 1 N–H and O–H groups in total. The van der Waals surface area contributed by atoms with Gasteiger partial charge in [-0.05, 0) is 36.5 Å². The zero-order chi connectivity index (χ0) is 25.8. The van der Waals surface area contributed by atoms with Gasteiger partial charge in [-0.15, -0.1) is 0 Å². The highest BCUT2D eigenvalue weighted by Crippen LogP contribution is 2.36. The van der Waals surface area contributed by atoms with Crippen molar-refractivity contribution in [3.05, 3.63) is 29.3 Å². The van der Waals surface area contributed by atoms with Gasteiger partial charge < -0.3 is 19.6 Å². The van der Waals surface area contributed by atoms with Gasteiger partial charge in [-0.3, -0.25) is 4.90 Å². The number of hydrogen-bond acceptors (Lipinski definition) is 6. The zero-order valence-electron chi connectivity index (χ0n) is 18.8. The van der Waals surface area contributed by atoms with Crippen molar-refractivity contribution in [3.63, 3.8) is 0 Å². The maximum Gasteiger partial charge on any atom is 0.434 e. The second-order valence-electron chi connectivity index (χ2n) is 8.68. The standard InChI is InChI=1S/C22H26F6N4O3/c23-21(24,25)19(22(26,27)28)35-20(34)32-9-7-30(8-10-32)13-17-2-1-16(12-29)11-18(17)31-5-3-15(14-33)4-6-31/h1-2,11,15,19,33H,3-10,13-14H2. The third-order valence-electron chi connectivity index (χ3n) is 6.27. The summed E-state index contributed by atoms with van der Waals surface area (Å²) < 4.78 is 79.8. The number of rotatable bonds is 5. The van der Waals surface area contributed by atoms with Gasteiger partial charge in [0.25, 0.3) is 6.10 Å². The summed E-state index contributed by atoms with van der Waals surface area (Å²) in [4.78, 5) is 16.9. The Labute approximate surface area is 198 Å². The fourth-order valence-corrected chi connectivity index (χ4v) is 4.24. The monoisotopic (exact) mass is 508 g/mol. The molecule has 13 heteroatoms. The number of amides is 1. The van der Waals surface area contributed by atoms with E-state index in [1.807, 2.05) is 11.0 Å². The molecular formula is C22H26F6N4O3. The van der Waals surface area contributed by atoms with Crippen LogP contribution in [0.5, 0.6) is 0 Å². The summed E-state index contributed by atoms with van der Waals surface area (Å²) in [6.07, 6.45) is -15.7. The van der Waals surface area contributed by atoms with Crippen LogP contribution in [0.1, 0.15) is 24.0 Å². The summed E-state index contributed by atoms with van der Waals surface area (Å²) in [6.45, 7) is 2.26. The minimum absolute atomic E-state index is 0.0885. The van der Waals surface area contributed by atoms with E-state index in [1.165, 1.54) is 0 Å². The van der Waals surface area contributed by atoms with E-state index in [4.69, 9.17) is 0 Å². The molecule has 2 aliphatic rings. The van der Waals surface area contributed by atoms with Crippen LogP contribution >= 0.6 is 0 Å². The largest absolute Gasteiger partial charge is 0.434 e. The first-order valence-corrected chi connectivity index (χ1v) is 11.1. The lowest BCUT2D eigenvalue weighted by atomic mass is 9.96. The van der Waals surface area contributed by atoms with Crippen LogP contribution in [-0.2, 0) is 11.3 Å². The molecule has 2 saturated heterocycles. The van der Waals surface area contributed by atoms with Crippen LogP contribution in [0.25, 0.3) is 0 Å². The number of piperidine rings is 1. The van der Waals surface area contributed by atoms with E-state index in [2.05, 4.69) is 15.7 Å². The van der Waals surface area contributed by atoms with E-state index in [1.54, 1.807) is 12.1 Å². The van der Waals surface area contributed by atoms with Crippen molar-refractivity contribution in [2.75, 3.05) is 50.8 Å². The van der Waals surface area contributed by atoms with Crippen molar-refractivity contribution in [3.8, 4) is 6.07 Å². The normalized spacial score (nSPS) is 18.6. The lowest BCUT2D eigenvalue weighted by Crippen LogP contribution is -2.52. The van der Waals surface area contributed by atoms with Crippen molar-refractivity contribution < 1.29 is 41.0 Å². The molecule has 0 atom stereocenters. The minimum atomic E-state index is -5.76. The summed E-state index contributed by atoms with van der Waals surface area (Å²) >= 11 is 0. The molecule has 0 saturated carbocycles. The van der Waals surface area contributed by atoms with Gasteiger partial charge in [0.05, 0.1) is 11.6 Å². The van der Waals surface area contributed by atoms with Crippen molar-refractivity contribution in [2.45, 2.75) is 37.8 Å².